The van der Waals surface area contributed by atoms with Gasteiger partial charge in [-0.2, -0.15) is 0 Å². The third-order valence-electron chi connectivity index (χ3n) is 3.77. The van der Waals surface area contributed by atoms with Crippen molar-refractivity contribution >= 4 is 40.8 Å². The molecule has 0 unspecified atom stereocenters. The quantitative estimate of drug-likeness (QED) is 0.735. The minimum Gasteiger partial charge on any atom is -0.465 e. The zero-order chi connectivity index (χ0) is 20.0. The molecule has 2 rings (SSSR count). The number of esters is 2. The molecule has 1 amide bonds. The number of amides is 1. The van der Waals surface area contributed by atoms with Crippen molar-refractivity contribution in [1.82, 2.24) is 0 Å². The summed E-state index contributed by atoms with van der Waals surface area (Å²) in [4.78, 5) is 35.8. The Kier molecular flexibility index (Phi) is 6.79. The number of carbonyl (C=O) groups is 3. The third-order valence-corrected chi connectivity index (χ3v) is 4.18. The van der Waals surface area contributed by atoms with Gasteiger partial charge in [0.2, 0.25) is 5.91 Å². The SMILES string of the molecule is COC(=O)c1cc(NC(=O)CNc2cccc(Cl)c2C)cc(C(=O)OC)c1. The molecule has 8 heteroatoms. The molecule has 142 valence electrons. The van der Waals surface area contributed by atoms with Crippen LogP contribution in [0.5, 0.6) is 0 Å². The summed E-state index contributed by atoms with van der Waals surface area (Å²) in [5, 5.41) is 6.22. The second-order valence-electron chi connectivity index (χ2n) is 5.60. The molecule has 2 aromatic rings. The Hall–Kier alpha value is -3.06. The second kappa shape index (κ2) is 9.05. The maximum absolute atomic E-state index is 12.2. The summed E-state index contributed by atoms with van der Waals surface area (Å²) in [6.45, 7) is 1.81. The summed E-state index contributed by atoms with van der Waals surface area (Å²) >= 11 is 6.05. The van der Waals surface area contributed by atoms with E-state index in [1.807, 2.05) is 13.0 Å². The lowest BCUT2D eigenvalue weighted by Gasteiger charge is -2.12. The lowest BCUT2D eigenvalue weighted by Crippen LogP contribution is -2.22. The highest BCUT2D eigenvalue weighted by Gasteiger charge is 2.15. The molecular weight excluding hydrogens is 372 g/mol. The molecule has 0 radical (unpaired) electrons. The van der Waals surface area contributed by atoms with Gasteiger partial charge in [0.25, 0.3) is 0 Å². The monoisotopic (exact) mass is 390 g/mol. The summed E-state index contributed by atoms with van der Waals surface area (Å²) in [7, 11) is 2.45. The predicted molar refractivity (Wildman–Crippen MR) is 102 cm³/mol. The number of methoxy groups -OCH3 is 2. The Labute approximate surface area is 161 Å². The van der Waals surface area contributed by atoms with E-state index in [1.165, 1.54) is 32.4 Å². The molecule has 0 aliphatic carbocycles. The van der Waals surface area contributed by atoms with Crippen LogP contribution in [0.15, 0.2) is 36.4 Å². The van der Waals surface area contributed by atoms with E-state index >= 15 is 0 Å². The molecule has 0 aliphatic heterocycles. The molecule has 0 heterocycles. The maximum Gasteiger partial charge on any atom is 0.337 e. The number of hydrogen-bond acceptors (Lipinski definition) is 6. The van der Waals surface area contributed by atoms with Gasteiger partial charge in [-0.05, 0) is 42.8 Å². The molecule has 0 saturated heterocycles. The van der Waals surface area contributed by atoms with Gasteiger partial charge < -0.3 is 20.1 Å². The first-order valence-corrected chi connectivity index (χ1v) is 8.34. The van der Waals surface area contributed by atoms with E-state index in [1.54, 1.807) is 12.1 Å². The molecule has 0 aliphatic rings. The van der Waals surface area contributed by atoms with Gasteiger partial charge in [-0.3, -0.25) is 4.79 Å². The number of anilines is 2. The third kappa shape index (κ3) is 5.21. The summed E-state index contributed by atoms with van der Waals surface area (Å²) in [5.41, 5.74) is 2.07. The van der Waals surface area contributed by atoms with Crippen LogP contribution in [0.25, 0.3) is 0 Å². The number of benzene rings is 2. The molecule has 2 N–H and O–H groups in total. The van der Waals surface area contributed by atoms with E-state index in [0.29, 0.717) is 5.02 Å². The largest absolute Gasteiger partial charge is 0.465 e. The van der Waals surface area contributed by atoms with Crippen molar-refractivity contribution in [2.45, 2.75) is 6.92 Å². The molecule has 7 nitrogen and oxygen atoms in total. The fourth-order valence-corrected chi connectivity index (χ4v) is 2.53. The van der Waals surface area contributed by atoms with Gasteiger partial charge in [0.1, 0.15) is 0 Å². The zero-order valence-corrected chi connectivity index (χ0v) is 15.8. The summed E-state index contributed by atoms with van der Waals surface area (Å²) in [6, 6.07) is 9.51. The molecule has 27 heavy (non-hydrogen) atoms. The fraction of sp³-hybridized carbons (Fsp3) is 0.211. The fourth-order valence-electron chi connectivity index (χ4n) is 2.35. The topological polar surface area (TPSA) is 93.7 Å². The Balaban J connectivity index is 2.15. The number of hydrogen-bond donors (Lipinski definition) is 2. The first-order chi connectivity index (χ1) is 12.8. The minimum atomic E-state index is -0.635. The lowest BCUT2D eigenvalue weighted by atomic mass is 10.1. The predicted octanol–water partition coefficient (Wildman–Crippen LogP) is 3.27. The van der Waals surface area contributed by atoms with Crippen molar-refractivity contribution in [3.05, 3.63) is 58.1 Å². The van der Waals surface area contributed by atoms with Gasteiger partial charge in [-0.1, -0.05) is 17.7 Å². The summed E-state index contributed by atoms with van der Waals surface area (Å²) < 4.78 is 9.33. The normalized spacial score (nSPS) is 10.1. The number of rotatable bonds is 6. The van der Waals surface area contributed by atoms with Crippen LogP contribution in [0.3, 0.4) is 0 Å². The van der Waals surface area contributed by atoms with Crippen molar-refractivity contribution < 1.29 is 23.9 Å². The molecule has 0 aromatic heterocycles. The average molecular weight is 391 g/mol. The van der Waals surface area contributed by atoms with Crippen LogP contribution in [0.2, 0.25) is 5.02 Å². The van der Waals surface area contributed by atoms with Gasteiger partial charge in [0.15, 0.2) is 0 Å². The van der Waals surface area contributed by atoms with E-state index in [9.17, 15) is 14.4 Å². The number of carbonyl (C=O) groups excluding carboxylic acids is 3. The maximum atomic E-state index is 12.2. The molecule has 2 aromatic carbocycles. The Bertz CT molecular complexity index is 848. The van der Waals surface area contributed by atoms with Gasteiger partial charge in [-0.15, -0.1) is 0 Å². The van der Waals surface area contributed by atoms with Crippen LogP contribution in [0.4, 0.5) is 11.4 Å². The van der Waals surface area contributed by atoms with Crippen LogP contribution >= 0.6 is 11.6 Å². The van der Waals surface area contributed by atoms with E-state index in [2.05, 4.69) is 20.1 Å². The van der Waals surface area contributed by atoms with Crippen LogP contribution in [0.1, 0.15) is 26.3 Å². The Morgan fingerprint density at radius 1 is 1.00 bits per heavy atom. The lowest BCUT2D eigenvalue weighted by molar-refractivity contribution is -0.114. The first kappa shape index (κ1) is 20.3. The Morgan fingerprint density at radius 3 is 2.15 bits per heavy atom. The molecular formula is C19H19ClN2O5. The standard InChI is InChI=1S/C19H19ClN2O5/c1-11-15(20)5-4-6-16(11)21-10-17(23)22-14-8-12(18(24)26-2)7-13(9-14)19(25)27-3/h4-9,21H,10H2,1-3H3,(H,22,23). The average Bonchev–Trinajstić information content (AvgIpc) is 2.67. The summed E-state index contributed by atoms with van der Waals surface area (Å²) in [6.07, 6.45) is 0. The summed E-state index contributed by atoms with van der Waals surface area (Å²) in [5.74, 6) is -1.64. The van der Waals surface area contributed by atoms with Crippen molar-refractivity contribution in [3.63, 3.8) is 0 Å². The van der Waals surface area contributed by atoms with Crippen molar-refractivity contribution in [2.24, 2.45) is 0 Å². The zero-order valence-electron chi connectivity index (χ0n) is 15.1. The molecule has 0 fully saturated rings. The van der Waals surface area contributed by atoms with Crippen molar-refractivity contribution in [3.8, 4) is 0 Å². The van der Waals surface area contributed by atoms with Gasteiger partial charge in [-0.25, -0.2) is 9.59 Å². The number of ether oxygens (including phenoxy) is 2. The van der Waals surface area contributed by atoms with Crippen LogP contribution in [0, 0.1) is 6.92 Å². The van der Waals surface area contributed by atoms with E-state index in [-0.39, 0.29) is 29.3 Å². The second-order valence-corrected chi connectivity index (χ2v) is 6.00. The number of halogens is 1. The van der Waals surface area contributed by atoms with Gasteiger partial charge in [0.05, 0.1) is 31.9 Å². The molecule has 0 bridgehead atoms. The highest BCUT2D eigenvalue weighted by Crippen LogP contribution is 2.23. The Morgan fingerprint density at radius 2 is 1.59 bits per heavy atom. The van der Waals surface area contributed by atoms with Crippen molar-refractivity contribution in [1.29, 1.82) is 0 Å². The number of nitrogens with one attached hydrogen (secondary N) is 2. The highest BCUT2D eigenvalue weighted by atomic mass is 35.5. The molecule has 0 spiro atoms. The smallest absolute Gasteiger partial charge is 0.337 e. The van der Waals surface area contributed by atoms with Crippen LogP contribution < -0.4 is 10.6 Å². The van der Waals surface area contributed by atoms with E-state index in [4.69, 9.17) is 11.6 Å². The minimum absolute atomic E-state index is 0.0306. The van der Waals surface area contributed by atoms with E-state index < -0.39 is 11.9 Å². The first-order valence-electron chi connectivity index (χ1n) is 7.96. The molecule has 0 saturated carbocycles. The van der Waals surface area contributed by atoms with Crippen LogP contribution in [-0.2, 0) is 14.3 Å². The van der Waals surface area contributed by atoms with Gasteiger partial charge in [0, 0.05) is 16.4 Å². The highest BCUT2D eigenvalue weighted by molar-refractivity contribution is 6.31. The van der Waals surface area contributed by atoms with Gasteiger partial charge >= 0.3 is 11.9 Å². The van der Waals surface area contributed by atoms with Crippen LogP contribution in [-0.4, -0.2) is 38.6 Å². The molecule has 0 atom stereocenters. The van der Waals surface area contributed by atoms with Crippen molar-refractivity contribution in [2.75, 3.05) is 31.4 Å². The van der Waals surface area contributed by atoms with E-state index in [0.717, 1.165) is 11.3 Å².